The van der Waals surface area contributed by atoms with E-state index in [0.717, 1.165) is 23.9 Å². The number of ether oxygens (including phenoxy) is 1. The third-order valence-electron chi connectivity index (χ3n) is 3.54. The van der Waals surface area contributed by atoms with Crippen molar-refractivity contribution in [2.75, 3.05) is 5.32 Å². The molecule has 2 aromatic rings. The first-order chi connectivity index (χ1) is 13.2. The third-order valence-corrected chi connectivity index (χ3v) is 4.63. The predicted molar refractivity (Wildman–Crippen MR) is 99.0 cm³/mol. The summed E-state index contributed by atoms with van der Waals surface area (Å²) in [6.45, 7) is 2.87. The van der Waals surface area contributed by atoms with Crippen LogP contribution in [0.2, 0.25) is 0 Å². The summed E-state index contributed by atoms with van der Waals surface area (Å²) in [5.74, 6) is -3.20. The molecule has 1 N–H and O–H groups in total. The van der Waals surface area contributed by atoms with Gasteiger partial charge in [0.25, 0.3) is 11.6 Å². The molecule has 0 bridgehead atoms. The van der Waals surface area contributed by atoms with Gasteiger partial charge in [0, 0.05) is 23.1 Å². The molecule has 7 nitrogen and oxygen atoms in total. The first-order valence-electron chi connectivity index (χ1n) is 8.05. The molecule has 0 unspecified atom stereocenters. The van der Waals surface area contributed by atoms with E-state index >= 15 is 0 Å². The van der Waals surface area contributed by atoms with Crippen LogP contribution in [0.15, 0.2) is 47.4 Å². The van der Waals surface area contributed by atoms with Crippen molar-refractivity contribution in [1.29, 1.82) is 0 Å². The first-order valence-corrected chi connectivity index (χ1v) is 8.93. The fourth-order valence-electron chi connectivity index (χ4n) is 2.05. The van der Waals surface area contributed by atoms with Gasteiger partial charge in [0.05, 0.1) is 10.6 Å². The number of halogens is 2. The molecule has 28 heavy (non-hydrogen) atoms. The minimum absolute atomic E-state index is 0.0714. The average Bonchev–Trinajstić information content (AvgIpc) is 2.64. The number of anilines is 1. The summed E-state index contributed by atoms with van der Waals surface area (Å²) in [5, 5.41) is 12.2. The topological polar surface area (TPSA) is 98.5 Å². The van der Waals surface area contributed by atoms with E-state index in [0.29, 0.717) is 11.0 Å². The first kappa shape index (κ1) is 21.3. The number of nitrogens with one attached hydrogen (secondary N) is 1. The van der Waals surface area contributed by atoms with Crippen molar-refractivity contribution in [1.82, 2.24) is 0 Å². The summed E-state index contributed by atoms with van der Waals surface area (Å²) in [6.07, 6.45) is -1.21. The van der Waals surface area contributed by atoms with Gasteiger partial charge >= 0.3 is 5.97 Å². The van der Waals surface area contributed by atoms with Crippen LogP contribution in [0.1, 0.15) is 13.8 Å². The van der Waals surface area contributed by atoms with Crippen LogP contribution in [0, 0.1) is 21.7 Å². The van der Waals surface area contributed by atoms with Gasteiger partial charge in [0.15, 0.2) is 6.10 Å². The minimum atomic E-state index is -1.21. The van der Waals surface area contributed by atoms with E-state index < -0.39 is 39.8 Å². The molecule has 0 aliphatic rings. The number of rotatable bonds is 7. The molecular formula is C18H16F2N2O5S. The van der Waals surface area contributed by atoms with Crippen molar-refractivity contribution in [2.45, 2.75) is 30.1 Å². The second kappa shape index (κ2) is 9.27. The molecular weight excluding hydrogens is 394 g/mol. The third kappa shape index (κ3) is 5.74. The summed E-state index contributed by atoms with van der Waals surface area (Å²) in [7, 11) is 0. The lowest BCUT2D eigenvalue weighted by Gasteiger charge is -2.16. The fourth-order valence-corrected chi connectivity index (χ4v) is 2.90. The van der Waals surface area contributed by atoms with Crippen molar-refractivity contribution in [2.24, 2.45) is 0 Å². The average molecular weight is 410 g/mol. The number of non-ortho nitro benzene ring substituents is 1. The van der Waals surface area contributed by atoms with Crippen LogP contribution in [-0.2, 0) is 14.3 Å². The van der Waals surface area contributed by atoms with Crippen LogP contribution in [0.3, 0.4) is 0 Å². The molecule has 0 saturated heterocycles. The van der Waals surface area contributed by atoms with Crippen molar-refractivity contribution in [3.8, 4) is 0 Å². The maximum Gasteiger partial charge on any atom is 0.319 e. The van der Waals surface area contributed by atoms with Gasteiger partial charge in [-0.05, 0) is 38.1 Å². The van der Waals surface area contributed by atoms with E-state index in [1.807, 2.05) is 0 Å². The molecule has 0 saturated carbocycles. The molecule has 0 heterocycles. The number of nitro benzene ring substituents is 1. The van der Waals surface area contributed by atoms with Crippen molar-refractivity contribution in [3.05, 3.63) is 64.2 Å². The summed E-state index contributed by atoms with van der Waals surface area (Å²) in [6, 6.07) is 8.29. The number of nitrogens with zero attached hydrogens (tertiary/aromatic N) is 1. The smallest absolute Gasteiger partial charge is 0.319 e. The van der Waals surface area contributed by atoms with Crippen LogP contribution >= 0.6 is 11.8 Å². The highest BCUT2D eigenvalue weighted by atomic mass is 32.2. The zero-order valence-corrected chi connectivity index (χ0v) is 15.7. The van der Waals surface area contributed by atoms with E-state index in [-0.39, 0.29) is 11.4 Å². The predicted octanol–water partition coefficient (Wildman–Crippen LogP) is 3.92. The summed E-state index contributed by atoms with van der Waals surface area (Å²) < 4.78 is 31.5. The van der Waals surface area contributed by atoms with Crippen LogP contribution in [-0.4, -0.2) is 28.2 Å². The van der Waals surface area contributed by atoms with Crippen LogP contribution in [0.5, 0.6) is 0 Å². The van der Waals surface area contributed by atoms with Crippen molar-refractivity contribution < 1.29 is 28.0 Å². The van der Waals surface area contributed by atoms with Crippen molar-refractivity contribution >= 4 is 35.0 Å². The number of benzene rings is 2. The normalized spacial score (nSPS) is 12.7. The molecule has 148 valence electrons. The van der Waals surface area contributed by atoms with Crippen molar-refractivity contribution in [3.63, 3.8) is 0 Å². The Morgan fingerprint density at radius 1 is 1.14 bits per heavy atom. The molecule has 0 fully saturated rings. The Bertz CT molecular complexity index is 892. The second-order valence-corrected chi connectivity index (χ2v) is 7.12. The highest BCUT2D eigenvalue weighted by Crippen LogP contribution is 2.26. The Hall–Kier alpha value is -3.01. The monoisotopic (exact) mass is 410 g/mol. The Morgan fingerprint density at radius 2 is 1.79 bits per heavy atom. The summed E-state index contributed by atoms with van der Waals surface area (Å²) >= 11 is 1.10. The number of hydrogen-bond acceptors (Lipinski definition) is 6. The molecule has 0 radical (unpaired) electrons. The number of carbonyl (C=O) groups is 2. The number of esters is 1. The van der Waals surface area contributed by atoms with Gasteiger partial charge < -0.3 is 10.1 Å². The number of carbonyl (C=O) groups excluding carboxylic acids is 2. The molecule has 0 spiro atoms. The van der Waals surface area contributed by atoms with Gasteiger partial charge in [-0.3, -0.25) is 19.7 Å². The highest BCUT2D eigenvalue weighted by molar-refractivity contribution is 8.00. The zero-order valence-electron chi connectivity index (χ0n) is 14.8. The fraction of sp³-hybridized carbons (Fsp3) is 0.222. The lowest BCUT2D eigenvalue weighted by molar-refractivity contribution is -0.384. The number of nitro groups is 1. The Kier molecular flexibility index (Phi) is 7.05. The Labute approximate surface area is 163 Å². The van der Waals surface area contributed by atoms with Gasteiger partial charge in [-0.15, -0.1) is 11.8 Å². The van der Waals surface area contributed by atoms with Gasteiger partial charge in [-0.25, -0.2) is 8.78 Å². The molecule has 0 aromatic heterocycles. The van der Waals surface area contributed by atoms with E-state index in [1.54, 1.807) is 6.92 Å². The lowest BCUT2D eigenvalue weighted by atomic mass is 10.2. The lowest BCUT2D eigenvalue weighted by Crippen LogP contribution is -2.32. The maximum atomic E-state index is 13.6. The van der Waals surface area contributed by atoms with E-state index in [1.165, 1.54) is 31.2 Å². The second-order valence-electron chi connectivity index (χ2n) is 5.70. The van der Waals surface area contributed by atoms with Crippen LogP contribution < -0.4 is 5.32 Å². The molecule has 2 aromatic carbocycles. The minimum Gasteiger partial charge on any atom is -0.452 e. The van der Waals surface area contributed by atoms with E-state index in [9.17, 15) is 28.5 Å². The summed E-state index contributed by atoms with van der Waals surface area (Å²) in [5.41, 5.74) is -0.305. The maximum absolute atomic E-state index is 13.6. The molecule has 2 atom stereocenters. The van der Waals surface area contributed by atoms with Crippen LogP contribution in [0.25, 0.3) is 0 Å². The molecule has 0 aliphatic carbocycles. The molecule has 2 rings (SSSR count). The standard InChI is InChI=1S/C18H16F2N2O5S/c1-10(17(23)21-16-8-3-12(19)9-15(16)20)27-18(24)11(2)28-14-6-4-13(5-7-14)22(25)26/h3-11H,1-2H3,(H,21,23)/t10-,11+/m1/s1. The Morgan fingerprint density at radius 3 is 2.36 bits per heavy atom. The van der Waals surface area contributed by atoms with Crippen LogP contribution in [0.4, 0.5) is 20.2 Å². The van der Waals surface area contributed by atoms with E-state index in [4.69, 9.17) is 4.74 Å². The number of thioether (sulfide) groups is 1. The zero-order chi connectivity index (χ0) is 20.8. The molecule has 10 heteroatoms. The Balaban J connectivity index is 1.91. The number of amides is 1. The molecule has 1 amide bonds. The van der Waals surface area contributed by atoms with Gasteiger partial charge in [0.1, 0.15) is 16.9 Å². The highest BCUT2D eigenvalue weighted by Gasteiger charge is 2.23. The quantitative estimate of drug-likeness (QED) is 0.321. The van der Waals surface area contributed by atoms with Gasteiger partial charge in [-0.1, -0.05) is 0 Å². The SMILES string of the molecule is C[C@H](Sc1ccc([N+](=O)[O-])cc1)C(=O)O[C@H](C)C(=O)Nc1ccc(F)cc1F. The number of hydrogen-bond donors (Lipinski definition) is 1. The largest absolute Gasteiger partial charge is 0.452 e. The molecule has 0 aliphatic heterocycles. The van der Waals surface area contributed by atoms with Gasteiger partial charge in [0.2, 0.25) is 0 Å². The van der Waals surface area contributed by atoms with Gasteiger partial charge in [-0.2, -0.15) is 0 Å². The summed E-state index contributed by atoms with van der Waals surface area (Å²) in [4.78, 5) is 34.9. The van der Waals surface area contributed by atoms with E-state index in [2.05, 4.69) is 5.32 Å².